The van der Waals surface area contributed by atoms with E-state index in [0.29, 0.717) is 11.6 Å². The third-order valence-electron chi connectivity index (χ3n) is 2.85. The molecule has 0 saturated heterocycles. The second-order valence-corrected chi connectivity index (χ2v) is 4.69. The predicted molar refractivity (Wildman–Crippen MR) is 71.4 cm³/mol. The Bertz CT molecular complexity index is 489. The van der Waals surface area contributed by atoms with E-state index in [1.807, 2.05) is 20.8 Å². The monoisotopic (exact) mass is 267 g/mol. The molecular weight excluding hydrogens is 249 g/mol. The van der Waals surface area contributed by atoms with Gasteiger partial charge in [0.15, 0.2) is 0 Å². The Kier molecular flexibility index (Phi) is 4.86. The highest BCUT2D eigenvalue weighted by atomic mass is 19.1. The molecule has 4 N–H and O–H groups in total. The molecule has 0 fully saturated rings. The molecule has 1 rings (SSSR count). The minimum atomic E-state index is -0.878. The predicted octanol–water partition coefficient (Wildman–Crippen LogP) is 2.09. The molecule has 0 bridgehead atoms. The molecular formula is C13H18FN3O2. The van der Waals surface area contributed by atoms with Gasteiger partial charge in [0.2, 0.25) is 0 Å². The number of halogens is 1. The van der Waals surface area contributed by atoms with Crippen LogP contribution in [0.25, 0.3) is 0 Å². The Balaban J connectivity index is 2.75. The molecule has 1 atom stereocenters. The van der Waals surface area contributed by atoms with Gasteiger partial charge in [-0.25, -0.2) is 9.18 Å². The highest BCUT2D eigenvalue weighted by Crippen LogP contribution is 2.14. The Hall–Kier alpha value is -2.11. The molecule has 0 unspecified atom stereocenters. The number of carbonyl (C=O) groups excluding carboxylic acids is 2. The Morgan fingerprint density at radius 3 is 2.42 bits per heavy atom. The van der Waals surface area contributed by atoms with Crippen LogP contribution in [0.4, 0.5) is 14.9 Å². The van der Waals surface area contributed by atoms with Crippen LogP contribution in [-0.4, -0.2) is 18.0 Å². The highest BCUT2D eigenvalue weighted by Gasteiger charge is 2.13. The molecule has 0 saturated carbocycles. The molecule has 0 radical (unpaired) electrons. The Labute approximate surface area is 111 Å². The minimum Gasteiger partial charge on any atom is -0.366 e. The van der Waals surface area contributed by atoms with Crippen LogP contribution in [0.2, 0.25) is 0 Å². The van der Waals surface area contributed by atoms with E-state index < -0.39 is 17.8 Å². The zero-order chi connectivity index (χ0) is 14.6. The average molecular weight is 267 g/mol. The van der Waals surface area contributed by atoms with Gasteiger partial charge < -0.3 is 16.4 Å². The fraction of sp³-hybridized carbons (Fsp3) is 0.385. The highest BCUT2D eigenvalue weighted by molar-refractivity contribution is 5.96. The SMILES string of the molecule is CC(C)[C@H](C)NC(=O)Nc1ccc(F)c(C(N)=O)c1. The number of hydrogen-bond acceptors (Lipinski definition) is 2. The number of carbonyl (C=O) groups is 2. The molecule has 1 aromatic carbocycles. The van der Waals surface area contributed by atoms with E-state index in [-0.39, 0.29) is 11.6 Å². The molecule has 0 aliphatic carbocycles. The molecule has 1 aromatic rings. The van der Waals surface area contributed by atoms with Gasteiger partial charge in [-0.2, -0.15) is 0 Å². The first kappa shape index (κ1) is 14.9. The van der Waals surface area contributed by atoms with Crippen LogP contribution in [0.15, 0.2) is 18.2 Å². The quantitative estimate of drug-likeness (QED) is 0.780. The smallest absolute Gasteiger partial charge is 0.319 e. The van der Waals surface area contributed by atoms with Crippen LogP contribution in [-0.2, 0) is 0 Å². The van der Waals surface area contributed by atoms with E-state index in [1.54, 1.807) is 0 Å². The van der Waals surface area contributed by atoms with Crippen molar-refractivity contribution in [2.24, 2.45) is 11.7 Å². The largest absolute Gasteiger partial charge is 0.366 e. The van der Waals surface area contributed by atoms with Gasteiger partial charge in [-0.05, 0) is 31.0 Å². The second kappa shape index (κ2) is 6.17. The maximum atomic E-state index is 13.2. The van der Waals surface area contributed by atoms with E-state index in [1.165, 1.54) is 12.1 Å². The van der Waals surface area contributed by atoms with Crippen molar-refractivity contribution >= 4 is 17.6 Å². The summed E-state index contributed by atoms with van der Waals surface area (Å²) in [4.78, 5) is 22.6. The number of rotatable bonds is 4. The van der Waals surface area contributed by atoms with Crippen LogP contribution in [0.1, 0.15) is 31.1 Å². The number of primary amides is 1. The van der Waals surface area contributed by atoms with Gasteiger partial charge in [-0.3, -0.25) is 4.79 Å². The van der Waals surface area contributed by atoms with Crippen molar-refractivity contribution in [2.45, 2.75) is 26.8 Å². The number of amides is 3. The van der Waals surface area contributed by atoms with Crippen LogP contribution in [0.5, 0.6) is 0 Å². The van der Waals surface area contributed by atoms with E-state index in [4.69, 9.17) is 5.73 Å². The molecule has 5 nitrogen and oxygen atoms in total. The lowest BCUT2D eigenvalue weighted by Gasteiger charge is -2.18. The van der Waals surface area contributed by atoms with Crippen LogP contribution in [0, 0.1) is 11.7 Å². The number of nitrogens with two attached hydrogens (primary N) is 1. The summed E-state index contributed by atoms with van der Waals surface area (Å²) in [5.74, 6) is -1.30. The van der Waals surface area contributed by atoms with Crippen molar-refractivity contribution in [3.63, 3.8) is 0 Å². The maximum absolute atomic E-state index is 13.2. The van der Waals surface area contributed by atoms with E-state index in [0.717, 1.165) is 6.07 Å². The molecule has 0 heterocycles. The van der Waals surface area contributed by atoms with Crippen molar-refractivity contribution in [1.29, 1.82) is 0 Å². The molecule has 0 aromatic heterocycles. The first-order valence-electron chi connectivity index (χ1n) is 5.98. The Morgan fingerprint density at radius 1 is 1.26 bits per heavy atom. The average Bonchev–Trinajstić information content (AvgIpc) is 2.30. The molecule has 19 heavy (non-hydrogen) atoms. The second-order valence-electron chi connectivity index (χ2n) is 4.69. The van der Waals surface area contributed by atoms with E-state index >= 15 is 0 Å². The van der Waals surface area contributed by atoms with Crippen molar-refractivity contribution in [1.82, 2.24) is 5.32 Å². The van der Waals surface area contributed by atoms with Gasteiger partial charge in [0.1, 0.15) is 5.82 Å². The zero-order valence-electron chi connectivity index (χ0n) is 11.2. The van der Waals surface area contributed by atoms with Crippen LogP contribution < -0.4 is 16.4 Å². The summed E-state index contributed by atoms with van der Waals surface area (Å²) in [6.45, 7) is 5.84. The fourth-order valence-electron chi connectivity index (χ4n) is 1.33. The third kappa shape index (κ3) is 4.24. The van der Waals surface area contributed by atoms with Crippen molar-refractivity contribution < 1.29 is 14.0 Å². The Morgan fingerprint density at radius 2 is 1.89 bits per heavy atom. The lowest BCUT2D eigenvalue weighted by Crippen LogP contribution is -2.39. The normalized spacial score (nSPS) is 12.1. The number of anilines is 1. The summed E-state index contributed by atoms with van der Waals surface area (Å²) < 4.78 is 13.2. The molecule has 0 spiro atoms. The summed E-state index contributed by atoms with van der Waals surface area (Å²) in [7, 11) is 0. The molecule has 0 aliphatic heterocycles. The van der Waals surface area contributed by atoms with Crippen LogP contribution in [0.3, 0.4) is 0 Å². The van der Waals surface area contributed by atoms with Gasteiger partial charge >= 0.3 is 6.03 Å². The third-order valence-corrected chi connectivity index (χ3v) is 2.85. The van der Waals surface area contributed by atoms with Crippen molar-refractivity contribution in [3.05, 3.63) is 29.6 Å². The fourth-order valence-corrected chi connectivity index (χ4v) is 1.33. The summed E-state index contributed by atoms with van der Waals surface area (Å²) in [6.07, 6.45) is 0. The maximum Gasteiger partial charge on any atom is 0.319 e. The lowest BCUT2D eigenvalue weighted by molar-refractivity contribution is 0.0996. The number of benzene rings is 1. The molecule has 0 aliphatic rings. The first-order chi connectivity index (χ1) is 8.81. The van der Waals surface area contributed by atoms with E-state index in [2.05, 4.69) is 10.6 Å². The van der Waals surface area contributed by atoms with Gasteiger partial charge in [-0.1, -0.05) is 13.8 Å². The summed E-state index contributed by atoms with van der Waals surface area (Å²) in [5.41, 5.74) is 5.08. The summed E-state index contributed by atoms with van der Waals surface area (Å²) in [5, 5.41) is 5.26. The lowest BCUT2D eigenvalue weighted by atomic mass is 10.1. The molecule has 3 amide bonds. The van der Waals surface area contributed by atoms with Gasteiger partial charge in [0.05, 0.1) is 5.56 Å². The number of nitrogens with one attached hydrogen (secondary N) is 2. The standard InChI is InChI=1S/C13H18FN3O2/c1-7(2)8(3)16-13(19)17-9-4-5-11(14)10(6-9)12(15)18/h4-8H,1-3H3,(H2,15,18)(H2,16,17,19)/t8-/m0/s1. The minimum absolute atomic E-state index is 0.00365. The van der Waals surface area contributed by atoms with Crippen molar-refractivity contribution in [2.75, 3.05) is 5.32 Å². The topological polar surface area (TPSA) is 84.2 Å². The first-order valence-corrected chi connectivity index (χ1v) is 5.98. The summed E-state index contributed by atoms with van der Waals surface area (Å²) in [6, 6.07) is 3.24. The van der Waals surface area contributed by atoms with Gasteiger partial charge in [-0.15, -0.1) is 0 Å². The zero-order valence-corrected chi connectivity index (χ0v) is 11.2. The molecule has 104 valence electrons. The number of urea groups is 1. The van der Waals surface area contributed by atoms with Crippen molar-refractivity contribution in [3.8, 4) is 0 Å². The number of hydrogen-bond donors (Lipinski definition) is 3. The van der Waals surface area contributed by atoms with E-state index in [9.17, 15) is 14.0 Å². The molecule has 6 heteroatoms. The van der Waals surface area contributed by atoms with Gasteiger partial charge in [0, 0.05) is 11.7 Å². The van der Waals surface area contributed by atoms with Crippen LogP contribution >= 0.6 is 0 Å². The summed E-state index contributed by atoms with van der Waals surface area (Å²) >= 11 is 0. The van der Waals surface area contributed by atoms with Gasteiger partial charge in [0.25, 0.3) is 5.91 Å².